The standard InChI is InChI=1S/C20H19ClF2N2O6S/c21-14-9-13(2-4-15(14)22)24-20(29)11-1-3-16(23)18(7-11)32(30,31)25-6-5-17(26)12(10-25)8-19(27)28/h1-4,7,9,12,17,26H,5-6,8,10H2,(H,24,29)(H,27,28). The van der Waals surface area contributed by atoms with Crippen LogP contribution in [-0.4, -0.2) is 54.0 Å². The van der Waals surface area contributed by atoms with Gasteiger partial charge in [0.25, 0.3) is 5.91 Å². The lowest BCUT2D eigenvalue weighted by Gasteiger charge is -2.34. The number of aliphatic carboxylic acids is 1. The molecule has 1 heterocycles. The molecule has 1 fully saturated rings. The zero-order valence-electron chi connectivity index (χ0n) is 16.5. The number of sulfonamides is 1. The first kappa shape index (κ1) is 24.1. The number of amides is 1. The Labute approximate surface area is 187 Å². The van der Waals surface area contributed by atoms with Gasteiger partial charge in [0.2, 0.25) is 10.0 Å². The van der Waals surface area contributed by atoms with Crippen molar-refractivity contribution >= 4 is 39.2 Å². The molecule has 0 saturated carbocycles. The van der Waals surface area contributed by atoms with Crippen LogP contribution < -0.4 is 5.32 Å². The van der Waals surface area contributed by atoms with Gasteiger partial charge in [-0.3, -0.25) is 9.59 Å². The van der Waals surface area contributed by atoms with Gasteiger partial charge in [0.15, 0.2) is 0 Å². The zero-order valence-corrected chi connectivity index (χ0v) is 18.0. The van der Waals surface area contributed by atoms with Crippen LogP contribution in [-0.2, 0) is 14.8 Å². The monoisotopic (exact) mass is 488 g/mol. The Morgan fingerprint density at radius 2 is 1.84 bits per heavy atom. The molecule has 1 amide bonds. The van der Waals surface area contributed by atoms with Gasteiger partial charge in [-0.25, -0.2) is 17.2 Å². The van der Waals surface area contributed by atoms with E-state index in [9.17, 15) is 31.9 Å². The van der Waals surface area contributed by atoms with Crippen LogP contribution in [0.3, 0.4) is 0 Å². The van der Waals surface area contributed by atoms with E-state index in [0.29, 0.717) is 0 Å². The number of aliphatic hydroxyl groups excluding tert-OH is 1. The average Bonchev–Trinajstić information content (AvgIpc) is 2.72. The lowest BCUT2D eigenvalue weighted by Crippen LogP contribution is -2.46. The number of nitrogens with one attached hydrogen (secondary N) is 1. The van der Waals surface area contributed by atoms with Crippen molar-refractivity contribution in [2.45, 2.75) is 23.8 Å². The molecule has 12 heteroatoms. The Hall–Kier alpha value is -2.60. The van der Waals surface area contributed by atoms with Crippen LogP contribution in [0.25, 0.3) is 0 Å². The number of carboxylic acids is 1. The number of rotatable bonds is 6. The van der Waals surface area contributed by atoms with E-state index < -0.39 is 56.9 Å². The summed E-state index contributed by atoms with van der Waals surface area (Å²) in [7, 11) is -4.42. The molecule has 2 aromatic rings. The summed E-state index contributed by atoms with van der Waals surface area (Å²) < 4.78 is 54.7. The summed E-state index contributed by atoms with van der Waals surface area (Å²) in [5.74, 6) is -4.60. The molecule has 2 aromatic carbocycles. The third-order valence-corrected chi connectivity index (χ3v) is 7.25. The zero-order chi connectivity index (χ0) is 23.6. The summed E-state index contributed by atoms with van der Waals surface area (Å²) in [5, 5.41) is 21.1. The smallest absolute Gasteiger partial charge is 0.303 e. The normalized spacial score (nSPS) is 19.5. The molecule has 0 spiro atoms. The maximum Gasteiger partial charge on any atom is 0.303 e. The molecule has 1 aliphatic rings. The summed E-state index contributed by atoms with van der Waals surface area (Å²) >= 11 is 5.67. The molecule has 2 atom stereocenters. The van der Waals surface area contributed by atoms with Crippen molar-refractivity contribution in [3.63, 3.8) is 0 Å². The quantitative estimate of drug-likeness (QED) is 0.574. The van der Waals surface area contributed by atoms with Crippen molar-refractivity contribution < 1.29 is 37.0 Å². The topological polar surface area (TPSA) is 124 Å². The second-order valence-electron chi connectivity index (χ2n) is 7.31. The molecule has 32 heavy (non-hydrogen) atoms. The lowest BCUT2D eigenvalue weighted by molar-refractivity contribution is -0.139. The van der Waals surface area contributed by atoms with Gasteiger partial charge in [-0.1, -0.05) is 11.6 Å². The Kier molecular flexibility index (Phi) is 7.13. The van der Waals surface area contributed by atoms with Crippen LogP contribution >= 0.6 is 11.6 Å². The van der Waals surface area contributed by atoms with Crippen LogP contribution in [0.2, 0.25) is 5.02 Å². The van der Waals surface area contributed by atoms with E-state index in [1.54, 1.807) is 0 Å². The van der Waals surface area contributed by atoms with E-state index >= 15 is 0 Å². The number of nitrogens with zero attached hydrogens (tertiary/aromatic N) is 1. The van der Waals surface area contributed by atoms with Crippen LogP contribution in [0.1, 0.15) is 23.2 Å². The molecule has 1 saturated heterocycles. The lowest BCUT2D eigenvalue weighted by atomic mass is 9.93. The SMILES string of the molecule is O=C(O)CC1CN(S(=O)(=O)c2cc(C(=O)Nc3ccc(F)c(Cl)c3)ccc2F)CCC1O. The molecule has 0 radical (unpaired) electrons. The summed E-state index contributed by atoms with van der Waals surface area (Å²) in [5.41, 5.74) is -0.0267. The minimum atomic E-state index is -4.42. The van der Waals surface area contributed by atoms with Gasteiger partial charge in [0.1, 0.15) is 16.5 Å². The average molecular weight is 489 g/mol. The molecule has 8 nitrogen and oxygen atoms in total. The molecule has 1 aliphatic heterocycles. The minimum Gasteiger partial charge on any atom is -0.481 e. The largest absolute Gasteiger partial charge is 0.481 e. The summed E-state index contributed by atoms with van der Waals surface area (Å²) in [4.78, 5) is 22.7. The Balaban J connectivity index is 1.86. The number of halogens is 3. The Bertz CT molecular complexity index is 1160. The first-order valence-electron chi connectivity index (χ1n) is 9.45. The van der Waals surface area contributed by atoms with Gasteiger partial charge in [0.05, 0.1) is 17.5 Å². The molecule has 3 N–H and O–H groups in total. The first-order chi connectivity index (χ1) is 15.0. The maximum absolute atomic E-state index is 14.5. The van der Waals surface area contributed by atoms with Crippen molar-refractivity contribution in [1.82, 2.24) is 4.31 Å². The third kappa shape index (κ3) is 5.23. The molecule has 172 valence electrons. The molecular formula is C20H19ClF2N2O6S. The van der Waals surface area contributed by atoms with Crippen LogP contribution in [0.15, 0.2) is 41.3 Å². The fourth-order valence-electron chi connectivity index (χ4n) is 3.39. The van der Waals surface area contributed by atoms with Crippen LogP contribution in [0.5, 0.6) is 0 Å². The van der Waals surface area contributed by atoms with E-state index in [2.05, 4.69) is 5.32 Å². The molecule has 3 rings (SSSR count). The van der Waals surface area contributed by atoms with E-state index in [1.165, 1.54) is 6.07 Å². The fraction of sp³-hybridized carbons (Fsp3) is 0.300. The molecule has 0 aliphatic carbocycles. The number of anilines is 1. The Morgan fingerprint density at radius 3 is 2.50 bits per heavy atom. The van der Waals surface area contributed by atoms with Gasteiger partial charge in [-0.15, -0.1) is 0 Å². The first-order valence-corrected chi connectivity index (χ1v) is 11.3. The highest BCUT2D eigenvalue weighted by atomic mass is 35.5. The number of carboxylic acid groups (broad SMARTS) is 1. The number of carbonyl (C=O) groups excluding carboxylic acids is 1. The van der Waals surface area contributed by atoms with E-state index in [0.717, 1.165) is 34.6 Å². The highest BCUT2D eigenvalue weighted by Crippen LogP contribution is 2.28. The second-order valence-corrected chi connectivity index (χ2v) is 9.62. The number of piperidine rings is 1. The molecule has 0 bridgehead atoms. The van der Waals surface area contributed by atoms with Gasteiger partial charge >= 0.3 is 5.97 Å². The van der Waals surface area contributed by atoms with Crippen molar-refractivity contribution in [3.05, 3.63) is 58.6 Å². The van der Waals surface area contributed by atoms with Gasteiger partial charge in [0, 0.05) is 30.3 Å². The van der Waals surface area contributed by atoms with Gasteiger partial charge in [-0.05, 0) is 42.8 Å². The minimum absolute atomic E-state index is 0.00962. The molecular weight excluding hydrogens is 470 g/mol. The van der Waals surface area contributed by atoms with Crippen LogP contribution in [0, 0.1) is 17.6 Å². The van der Waals surface area contributed by atoms with Crippen molar-refractivity contribution in [3.8, 4) is 0 Å². The predicted molar refractivity (Wildman–Crippen MR) is 111 cm³/mol. The number of benzene rings is 2. The van der Waals surface area contributed by atoms with Crippen molar-refractivity contribution in [2.75, 3.05) is 18.4 Å². The summed E-state index contributed by atoms with van der Waals surface area (Å²) in [6, 6.07) is 6.23. The van der Waals surface area contributed by atoms with E-state index in [4.69, 9.17) is 16.7 Å². The highest BCUT2D eigenvalue weighted by molar-refractivity contribution is 7.89. The number of aliphatic hydroxyl groups is 1. The number of carbonyl (C=O) groups is 2. The molecule has 2 unspecified atom stereocenters. The Morgan fingerprint density at radius 1 is 1.16 bits per heavy atom. The fourth-order valence-corrected chi connectivity index (χ4v) is 5.17. The highest BCUT2D eigenvalue weighted by Gasteiger charge is 2.37. The summed E-state index contributed by atoms with van der Waals surface area (Å²) in [6.45, 7) is -0.441. The maximum atomic E-state index is 14.5. The van der Waals surface area contributed by atoms with Crippen molar-refractivity contribution in [2.24, 2.45) is 5.92 Å². The van der Waals surface area contributed by atoms with E-state index in [-0.39, 0.29) is 35.8 Å². The third-order valence-electron chi connectivity index (χ3n) is 5.08. The predicted octanol–water partition coefficient (Wildman–Crippen LogP) is 2.72. The van der Waals surface area contributed by atoms with E-state index in [1.807, 2.05) is 0 Å². The number of hydrogen-bond donors (Lipinski definition) is 3. The number of hydrogen-bond acceptors (Lipinski definition) is 5. The summed E-state index contributed by atoms with van der Waals surface area (Å²) in [6.07, 6.45) is -1.45. The van der Waals surface area contributed by atoms with Crippen LogP contribution in [0.4, 0.5) is 14.5 Å². The van der Waals surface area contributed by atoms with Gasteiger partial charge < -0.3 is 15.5 Å². The second kappa shape index (κ2) is 9.49. The molecule has 0 aromatic heterocycles. The van der Waals surface area contributed by atoms with Crippen molar-refractivity contribution in [1.29, 1.82) is 0 Å². The van der Waals surface area contributed by atoms with Gasteiger partial charge in [-0.2, -0.15) is 4.31 Å².